The fourth-order valence-corrected chi connectivity index (χ4v) is 1.58. The lowest BCUT2D eigenvalue weighted by molar-refractivity contribution is 0.102. The van der Waals surface area contributed by atoms with Gasteiger partial charge in [0.2, 0.25) is 0 Å². The lowest BCUT2D eigenvalue weighted by Crippen LogP contribution is -2.15. The average molecular weight is 246 g/mol. The molecule has 94 valence electrons. The van der Waals surface area contributed by atoms with Crippen LogP contribution in [-0.2, 0) is 7.05 Å². The second kappa shape index (κ2) is 4.79. The molecule has 6 heteroatoms. The minimum Gasteiger partial charge on any atom is -0.496 e. The summed E-state index contributed by atoms with van der Waals surface area (Å²) in [6, 6.07) is 6.60. The number of nitrogens with one attached hydrogen (secondary N) is 1. The summed E-state index contributed by atoms with van der Waals surface area (Å²) in [6.45, 7) is 0. The maximum Gasteiger partial charge on any atom is 0.260 e. The first kappa shape index (κ1) is 12.0. The third-order valence-electron chi connectivity index (χ3n) is 2.53. The SMILES string of the molecule is COc1cc(N)ccc1C(=O)Nc1ccnn1C. The van der Waals surface area contributed by atoms with E-state index in [4.69, 9.17) is 10.5 Å². The van der Waals surface area contributed by atoms with Gasteiger partial charge in [0.15, 0.2) is 0 Å². The maximum absolute atomic E-state index is 12.1. The predicted molar refractivity (Wildman–Crippen MR) is 68.6 cm³/mol. The molecule has 6 nitrogen and oxygen atoms in total. The average Bonchev–Trinajstić information content (AvgIpc) is 2.74. The van der Waals surface area contributed by atoms with Crippen molar-refractivity contribution in [3.8, 4) is 5.75 Å². The van der Waals surface area contributed by atoms with E-state index in [1.54, 1.807) is 42.2 Å². The number of nitrogens with two attached hydrogens (primary N) is 1. The molecule has 0 unspecified atom stereocenters. The second-order valence-electron chi connectivity index (χ2n) is 3.75. The number of rotatable bonds is 3. The molecule has 3 N–H and O–H groups in total. The molecule has 0 aliphatic rings. The summed E-state index contributed by atoms with van der Waals surface area (Å²) in [5.74, 6) is 0.781. The number of ether oxygens (including phenoxy) is 1. The Balaban J connectivity index is 2.26. The van der Waals surface area contributed by atoms with E-state index in [0.717, 1.165) is 0 Å². The van der Waals surface area contributed by atoms with E-state index in [1.807, 2.05) is 0 Å². The highest BCUT2D eigenvalue weighted by molar-refractivity contribution is 6.06. The molecule has 0 aliphatic carbocycles. The lowest BCUT2D eigenvalue weighted by Gasteiger charge is -2.09. The maximum atomic E-state index is 12.1. The van der Waals surface area contributed by atoms with Gasteiger partial charge < -0.3 is 15.8 Å². The van der Waals surface area contributed by atoms with E-state index in [2.05, 4.69) is 10.4 Å². The number of hydrogen-bond acceptors (Lipinski definition) is 4. The van der Waals surface area contributed by atoms with E-state index in [0.29, 0.717) is 22.8 Å². The summed E-state index contributed by atoms with van der Waals surface area (Å²) in [7, 11) is 3.24. The number of aromatic nitrogens is 2. The zero-order chi connectivity index (χ0) is 13.1. The Labute approximate surface area is 104 Å². The molecule has 1 aromatic carbocycles. The molecule has 0 saturated carbocycles. The molecule has 0 radical (unpaired) electrons. The van der Waals surface area contributed by atoms with Gasteiger partial charge in [0.25, 0.3) is 5.91 Å². The molecule has 18 heavy (non-hydrogen) atoms. The van der Waals surface area contributed by atoms with Crippen LogP contribution in [0.15, 0.2) is 30.5 Å². The number of anilines is 2. The van der Waals surface area contributed by atoms with Crippen molar-refractivity contribution in [3.63, 3.8) is 0 Å². The predicted octanol–water partition coefficient (Wildman–Crippen LogP) is 1.26. The van der Waals surface area contributed by atoms with Crippen LogP contribution >= 0.6 is 0 Å². The van der Waals surface area contributed by atoms with Crippen molar-refractivity contribution in [2.24, 2.45) is 7.05 Å². The van der Waals surface area contributed by atoms with E-state index in [1.165, 1.54) is 7.11 Å². The fourth-order valence-electron chi connectivity index (χ4n) is 1.58. The standard InChI is InChI=1S/C12H14N4O2/c1-16-11(5-6-14-16)15-12(17)9-4-3-8(13)7-10(9)18-2/h3-7H,13H2,1-2H3,(H,15,17). The van der Waals surface area contributed by atoms with Crippen LogP contribution < -0.4 is 15.8 Å². The van der Waals surface area contributed by atoms with Crippen LogP contribution in [0.25, 0.3) is 0 Å². The number of carbonyl (C=O) groups is 1. The van der Waals surface area contributed by atoms with Gasteiger partial charge in [-0.25, -0.2) is 0 Å². The van der Waals surface area contributed by atoms with Crippen molar-refractivity contribution in [2.45, 2.75) is 0 Å². The lowest BCUT2D eigenvalue weighted by atomic mass is 10.1. The van der Waals surface area contributed by atoms with Crippen molar-refractivity contribution in [2.75, 3.05) is 18.2 Å². The Morgan fingerprint density at radius 1 is 1.44 bits per heavy atom. The van der Waals surface area contributed by atoms with E-state index in [-0.39, 0.29) is 5.91 Å². The van der Waals surface area contributed by atoms with E-state index in [9.17, 15) is 4.79 Å². The van der Waals surface area contributed by atoms with Gasteiger partial charge in [0.1, 0.15) is 11.6 Å². The van der Waals surface area contributed by atoms with Crippen molar-refractivity contribution < 1.29 is 9.53 Å². The minimum absolute atomic E-state index is 0.268. The summed E-state index contributed by atoms with van der Waals surface area (Å²) in [6.07, 6.45) is 1.61. The number of carbonyl (C=O) groups excluding carboxylic acids is 1. The highest BCUT2D eigenvalue weighted by Crippen LogP contribution is 2.22. The van der Waals surface area contributed by atoms with Gasteiger partial charge in [0.05, 0.1) is 18.9 Å². The summed E-state index contributed by atoms with van der Waals surface area (Å²) in [5.41, 5.74) is 6.61. The number of nitrogen functional groups attached to an aromatic ring is 1. The Morgan fingerprint density at radius 2 is 2.22 bits per heavy atom. The number of methoxy groups -OCH3 is 1. The van der Waals surface area contributed by atoms with Crippen LogP contribution in [0.3, 0.4) is 0 Å². The van der Waals surface area contributed by atoms with Gasteiger partial charge in [-0.1, -0.05) is 0 Å². The van der Waals surface area contributed by atoms with Gasteiger partial charge in [-0.2, -0.15) is 5.10 Å². The molecule has 1 amide bonds. The topological polar surface area (TPSA) is 82.2 Å². The Bertz CT molecular complexity index is 577. The first-order chi connectivity index (χ1) is 8.61. The summed E-state index contributed by atoms with van der Waals surface area (Å²) in [5, 5.41) is 6.71. The van der Waals surface area contributed by atoms with Crippen LogP contribution in [-0.4, -0.2) is 22.8 Å². The highest BCUT2D eigenvalue weighted by atomic mass is 16.5. The molecular formula is C12H14N4O2. The molecular weight excluding hydrogens is 232 g/mol. The monoisotopic (exact) mass is 246 g/mol. The highest BCUT2D eigenvalue weighted by Gasteiger charge is 2.13. The van der Waals surface area contributed by atoms with Crippen LogP contribution in [0.2, 0.25) is 0 Å². The zero-order valence-electron chi connectivity index (χ0n) is 10.2. The molecule has 1 heterocycles. The van der Waals surface area contributed by atoms with Gasteiger partial charge in [-0.15, -0.1) is 0 Å². The quantitative estimate of drug-likeness (QED) is 0.799. The van der Waals surface area contributed by atoms with E-state index < -0.39 is 0 Å². The molecule has 2 rings (SSSR count). The fraction of sp³-hybridized carbons (Fsp3) is 0.167. The molecule has 1 aromatic heterocycles. The summed E-state index contributed by atoms with van der Waals surface area (Å²) < 4.78 is 6.70. The number of aryl methyl sites for hydroxylation is 1. The van der Waals surface area contributed by atoms with Gasteiger partial charge in [0, 0.05) is 24.9 Å². The first-order valence-corrected chi connectivity index (χ1v) is 5.34. The van der Waals surface area contributed by atoms with Gasteiger partial charge in [-0.3, -0.25) is 9.48 Å². The minimum atomic E-state index is -0.268. The third kappa shape index (κ3) is 2.27. The van der Waals surface area contributed by atoms with Gasteiger partial charge in [-0.05, 0) is 12.1 Å². The molecule has 0 atom stereocenters. The van der Waals surface area contributed by atoms with Crippen molar-refractivity contribution >= 4 is 17.4 Å². The van der Waals surface area contributed by atoms with Crippen LogP contribution in [0.5, 0.6) is 5.75 Å². The number of nitrogens with zero attached hydrogens (tertiary/aromatic N) is 2. The Morgan fingerprint density at radius 3 is 2.83 bits per heavy atom. The van der Waals surface area contributed by atoms with Crippen LogP contribution in [0, 0.1) is 0 Å². The zero-order valence-corrected chi connectivity index (χ0v) is 10.2. The molecule has 0 spiro atoms. The molecule has 0 bridgehead atoms. The number of amides is 1. The van der Waals surface area contributed by atoms with Crippen molar-refractivity contribution in [3.05, 3.63) is 36.0 Å². The Hall–Kier alpha value is -2.50. The molecule has 0 fully saturated rings. The molecule has 0 aliphatic heterocycles. The molecule has 0 saturated heterocycles. The van der Waals surface area contributed by atoms with Crippen molar-refractivity contribution in [1.29, 1.82) is 0 Å². The second-order valence-corrected chi connectivity index (χ2v) is 3.75. The first-order valence-electron chi connectivity index (χ1n) is 5.34. The summed E-state index contributed by atoms with van der Waals surface area (Å²) in [4.78, 5) is 12.1. The van der Waals surface area contributed by atoms with E-state index >= 15 is 0 Å². The largest absolute Gasteiger partial charge is 0.496 e. The number of benzene rings is 1. The summed E-state index contributed by atoms with van der Waals surface area (Å²) >= 11 is 0. The number of hydrogen-bond donors (Lipinski definition) is 2. The smallest absolute Gasteiger partial charge is 0.260 e. The van der Waals surface area contributed by atoms with Crippen molar-refractivity contribution in [1.82, 2.24) is 9.78 Å². The van der Waals surface area contributed by atoms with Gasteiger partial charge >= 0.3 is 0 Å². The Kier molecular flexibility index (Phi) is 3.18. The third-order valence-corrected chi connectivity index (χ3v) is 2.53. The van der Waals surface area contributed by atoms with Crippen LogP contribution in [0.4, 0.5) is 11.5 Å². The van der Waals surface area contributed by atoms with Crippen LogP contribution in [0.1, 0.15) is 10.4 Å². The molecule has 2 aromatic rings. The normalized spacial score (nSPS) is 10.1.